The van der Waals surface area contributed by atoms with Gasteiger partial charge in [0.2, 0.25) is 0 Å². The van der Waals surface area contributed by atoms with Crippen molar-refractivity contribution < 1.29 is 9.90 Å². The summed E-state index contributed by atoms with van der Waals surface area (Å²) in [6.07, 6.45) is 1.13. The van der Waals surface area contributed by atoms with Gasteiger partial charge in [0.15, 0.2) is 0 Å². The summed E-state index contributed by atoms with van der Waals surface area (Å²) in [4.78, 5) is 33.5. The van der Waals surface area contributed by atoms with Gasteiger partial charge in [-0.15, -0.1) is 0 Å². The molecule has 0 radical (unpaired) electrons. The number of rotatable bonds is 3. The molecule has 16 heavy (non-hydrogen) atoms. The third-order valence-electron chi connectivity index (χ3n) is 2.48. The second-order valence-corrected chi connectivity index (χ2v) is 3.82. The first-order valence-electron chi connectivity index (χ1n) is 4.81. The van der Waals surface area contributed by atoms with Gasteiger partial charge in [0.1, 0.15) is 0 Å². The molecule has 0 saturated heterocycles. The molecule has 1 heterocycles. The highest BCUT2D eigenvalue weighted by Gasteiger charge is 2.13. The summed E-state index contributed by atoms with van der Waals surface area (Å²) in [5.41, 5.74) is -0.597. The predicted octanol–water partition coefficient (Wildman–Crippen LogP) is -1.67. The van der Waals surface area contributed by atoms with Crippen molar-refractivity contribution >= 4 is 5.97 Å². The van der Waals surface area contributed by atoms with Crippen molar-refractivity contribution in [1.82, 2.24) is 9.13 Å². The zero-order valence-electron chi connectivity index (χ0n) is 9.39. The predicted molar refractivity (Wildman–Crippen MR) is 55.0 cm³/mol. The van der Waals surface area contributed by atoms with Crippen LogP contribution in [-0.2, 0) is 18.9 Å². The van der Waals surface area contributed by atoms with Crippen LogP contribution in [-0.4, -0.2) is 15.1 Å². The molecule has 6 heteroatoms. The third-order valence-corrected chi connectivity index (χ3v) is 2.48. The van der Waals surface area contributed by atoms with E-state index >= 15 is 0 Å². The number of aliphatic carboxylic acids is 1. The number of hydrogen-bond donors (Lipinski definition) is 0. The second-order valence-electron chi connectivity index (χ2n) is 3.82. The monoisotopic (exact) mass is 225 g/mol. The molecule has 0 amide bonds. The Bertz CT molecular complexity index is 527. The zero-order valence-corrected chi connectivity index (χ0v) is 9.39. The van der Waals surface area contributed by atoms with Crippen LogP contribution in [0.5, 0.6) is 0 Å². The van der Waals surface area contributed by atoms with E-state index < -0.39 is 23.1 Å². The van der Waals surface area contributed by atoms with Crippen molar-refractivity contribution in [2.45, 2.75) is 19.3 Å². The molecule has 0 spiro atoms. The van der Waals surface area contributed by atoms with E-state index in [1.807, 2.05) is 0 Å². The molecule has 88 valence electrons. The normalized spacial score (nSPS) is 12.4. The lowest BCUT2D eigenvalue weighted by atomic mass is 10.0. The largest absolute Gasteiger partial charge is 0.550 e. The standard InChI is InChI=1S/C10H14N2O4/c1-6(4-8(13)14)7-5-11(2)10(16)12(3)9(7)15/h5-6H,4H2,1-3H3,(H,13,14)/p-1/t6-/m0/s1. The van der Waals surface area contributed by atoms with Crippen molar-refractivity contribution in [3.05, 3.63) is 32.6 Å². The van der Waals surface area contributed by atoms with Crippen molar-refractivity contribution in [1.29, 1.82) is 0 Å². The molecule has 0 aromatic carbocycles. The van der Waals surface area contributed by atoms with E-state index in [9.17, 15) is 19.5 Å². The molecule has 0 unspecified atom stereocenters. The Kier molecular flexibility index (Phi) is 3.31. The lowest BCUT2D eigenvalue weighted by Gasteiger charge is -2.13. The molecule has 1 atom stereocenters. The number of aryl methyl sites for hydroxylation is 1. The van der Waals surface area contributed by atoms with Gasteiger partial charge >= 0.3 is 5.69 Å². The van der Waals surface area contributed by atoms with Gasteiger partial charge in [-0.25, -0.2) is 4.79 Å². The van der Waals surface area contributed by atoms with Crippen LogP contribution in [0.3, 0.4) is 0 Å². The fraction of sp³-hybridized carbons (Fsp3) is 0.500. The molecule has 0 fully saturated rings. The molecule has 1 aromatic heterocycles. The van der Waals surface area contributed by atoms with Crippen LogP contribution in [0.25, 0.3) is 0 Å². The third kappa shape index (κ3) is 2.21. The fourth-order valence-corrected chi connectivity index (χ4v) is 1.53. The quantitative estimate of drug-likeness (QED) is 0.615. The molecule has 0 bridgehead atoms. The number of carbonyl (C=O) groups excluding carboxylic acids is 1. The Morgan fingerprint density at radius 3 is 2.50 bits per heavy atom. The maximum atomic E-state index is 11.7. The summed E-state index contributed by atoms with van der Waals surface area (Å²) < 4.78 is 2.21. The molecule has 1 rings (SSSR count). The van der Waals surface area contributed by atoms with E-state index in [0.717, 1.165) is 4.57 Å². The van der Waals surface area contributed by atoms with Gasteiger partial charge in [-0.2, -0.15) is 0 Å². The van der Waals surface area contributed by atoms with Crippen molar-refractivity contribution in [3.8, 4) is 0 Å². The molecule has 1 aromatic rings. The van der Waals surface area contributed by atoms with Gasteiger partial charge in [-0.05, 0) is 12.3 Å². The Morgan fingerprint density at radius 2 is 2.00 bits per heavy atom. The number of carbonyl (C=O) groups is 1. The zero-order chi connectivity index (χ0) is 12.5. The molecule has 0 N–H and O–H groups in total. The van der Waals surface area contributed by atoms with Crippen LogP contribution in [0.1, 0.15) is 24.8 Å². The van der Waals surface area contributed by atoms with E-state index in [1.54, 1.807) is 6.92 Å². The van der Waals surface area contributed by atoms with Crippen molar-refractivity contribution in [2.75, 3.05) is 0 Å². The molecule has 0 aliphatic carbocycles. The van der Waals surface area contributed by atoms with Crippen LogP contribution in [0.2, 0.25) is 0 Å². The second kappa shape index (κ2) is 4.34. The average molecular weight is 225 g/mol. The summed E-state index contributed by atoms with van der Waals surface area (Å²) in [5.74, 6) is -1.70. The summed E-state index contributed by atoms with van der Waals surface area (Å²) in [5, 5.41) is 10.4. The summed E-state index contributed by atoms with van der Waals surface area (Å²) in [6, 6.07) is 0. The maximum absolute atomic E-state index is 11.7. The highest BCUT2D eigenvalue weighted by atomic mass is 16.4. The molecular weight excluding hydrogens is 212 g/mol. The first kappa shape index (κ1) is 12.2. The Balaban J connectivity index is 3.31. The highest BCUT2D eigenvalue weighted by Crippen LogP contribution is 2.13. The average Bonchev–Trinajstić information content (AvgIpc) is 2.19. The van der Waals surface area contributed by atoms with Gasteiger partial charge < -0.3 is 14.5 Å². The molecular formula is C10H13N2O4-. The Morgan fingerprint density at radius 1 is 1.44 bits per heavy atom. The van der Waals surface area contributed by atoms with E-state index in [4.69, 9.17) is 0 Å². The lowest BCUT2D eigenvalue weighted by molar-refractivity contribution is -0.306. The van der Waals surface area contributed by atoms with E-state index in [-0.39, 0.29) is 6.42 Å². The maximum Gasteiger partial charge on any atom is 0.330 e. The van der Waals surface area contributed by atoms with E-state index in [1.165, 1.54) is 24.9 Å². The molecule has 0 aliphatic heterocycles. The lowest BCUT2D eigenvalue weighted by Crippen LogP contribution is -2.39. The fourth-order valence-electron chi connectivity index (χ4n) is 1.53. The number of carboxylic acids is 1. The SMILES string of the molecule is C[C@@H](CC(=O)[O-])c1cn(C)c(=O)n(C)c1=O. The first-order valence-corrected chi connectivity index (χ1v) is 4.81. The van der Waals surface area contributed by atoms with Crippen molar-refractivity contribution in [2.24, 2.45) is 14.1 Å². The van der Waals surface area contributed by atoms with Crippen LogP contribution in [0.15, 0.2) is 15.8 Å². The Labute approximate surface area is 91.8 Å². The summed E-state index contributed by atoms with van der Waals surface area (Å²) >= 11 is 0. The minimum absolute atomic E-state index is 0.243. The number of carboxylic acid groups (broad SMARTS) is 1. The number of hydrogen-bond acceptors (Lipinski definition) is 4. The first-order chi connectivity index (χ1) is 7.34. The van der Waals surface area contributed by atoms with Crippen LogP contribution >= 0.6 is 0 Å². The van der Waals surface area contributed by atoms with Crippen LogP contribution in [0, 0.1) is 0 Å². The minimum Gasteiger partial charge on any atom is -0.550 e. The van der Waals surface area contributed by atoms with Gasteiger partial charge in [0.25, 0.3) is 5.56 Å². The van der Waals surface area contributed by atoms with Crippen LogP contribution < -0.4 is 16.4 Å². The van der Waals surface area contributed by atoms with Crippen molar-refractivity contribution in [3.63, 3.8) is 0 Å². The Hall–Kier alpha value is -1.85. The van der Waals surface area contributed by atoms with E-state index in [2.05, 4.69) is 0 Å². The summed E-state index contributed by atoms with van der Waals surface area (Å²) in [7, 11) is 2.87. The van der Waals surface area contributed by atoms with Crippen LogP contribution in [0.4, 0.5) is 0 Å². The van der Waals surface area contributed by atoms with Gasteiger partial charge in [0.05, 0.1) is 0 Å². The smallest absolute Gasteiger partial charge is 0.330 e. The molecule has 6 nitrogen and oxygen atoms in total. The number of aromatic nitrogens is 2. The van der Waals surface area contributed by atoms with Gasteiger partial charge in [-0.3, -0.25) is 9.36 Å². The topological polar surface area (TPSA) is 84.1 Å². The van der Waals surface area contributed by atoms with Gasteiger partial charge in [0, 0.05) is 31.8 Å². The minimum atomic E-state index is -1.22. The number of nitrogens with zero attached hydrogens (tertiary/aromatic N) is 2. The summed E-state index contributed by atoms with van der Waals surface area (Å²) in [6.45, 7) is 1.61. The molecule has 0 aliphatic rings. The van der Waals surface area contributed by atoms with Gasteiger partial charge in [-0.1, -0.05) is 6.92 Å². The molecule has 0 saturated carbocycles. The van der Waals surface area contributed by atoms with E-state index in [0.29, 0.717) is 5.56 Å². The highest BCUT2D eigenvalue weighted by molar-refractivity contribution is 5.65.